The number of unbranched alkanes of at least 4 members (excludes halogenated alkanes) is 12. The molecular weight excluding hydrogens is 352 g/mol. The molecular formula is C24H39ClSi. The molecule has 0 spiro atoms. The van der Waals surface area contributed by atoms with E-state index in [9.17, 15) is 0 Å². The van der Waals surface area contributed by atoms with Crippen LogP contribution in [0.1, 0.15) is 117 Å². The van der Waals surface area contributed by atoms with Crippen molar-refractivity contribution in [2.45, 2.75) is 117 Å². The molecule has 0 amide bonds. The van der Waals surface area contributed by atoms with Crippen LogP contribution in [0.15, 0.2) is 0 Å². The van der Waals surface area contributed by atoms with Crippen LogP contribution in [0.2, 0.25) is 0 Å². The van der Waals surface area contributed by atoms with Crippen molar-refractivity contribution in [3.63, 3.8) is 0 Å². The zero-order chi connectivity index (χ0) is 19.3. The predicted molar refractivity (Wildman–Crippen MR) is 121 cm³/mol. The van der Waals surface area contributed by atoms with Gasteiger partial charge in [-0.15, -0.1) is 28.8 Å². The monoisotopic (exact) mass is 390 g/mol. The van der Waals surface area contributed by atoms with Gasteiger partial charge in [0.2, 0.25) is 0 Å². The van der Waals surface area contributed by atoms with Gasteiger partial charge < -0.3 is 0 Å². The number of halogens is 1. The highest BCUT2D eigenvalue weighted by molar-refractivity contribution is 7.33. The lowest BCUT2D eigenvalue weighted by molar-refractivity contribution is 0.679. The summed E-state index contributed by atoms with van der Waals surface area (Å²) in [6.45, 7) is 6.69. The van der Waals surface area contributed by atoms with Gasteiger partial charge in [-0.1, -0.05) is 95.2 Å². The largest absolute Gasteiger partial charge is 0.386 e. The molecule has 0 aromatic heterocycles. The topological polar surface area (TPSA) is 0 Å². The summed E-state index contributed by atoms with van der Waals surface area (Å²) in [7, 11) is -2.57. The molecule has 0 saturated heterocycles. The molecule has 0 aliphatic rings. The third-order valence-corrected chi connectivity index (χ3v) is 6.66. The third-order valence-electron chi connectivity index (χ3n) is 4.25. The Bertz CT molecular complexity index is 429. The summed E-state index contributed by atoms with van der Waals surface area (Å²) in [5, 5.41) is 0. The molecule has 0 saturated carbocycles. The third kappa shape index (κ3) is 16.6. The Morgan fingerprint density at radius 1 is 0.500 bits per heavy atom. The van der Waals surface area contributed by atoms with Gasteiger partial charge in [-0.05, 0) is 19.3 Å². The summed E-state index contributed by atoms with van der Waals surface area (Å²) in [5.41, 5.74) is 9.85. The van der Waals surface area contributed by atoms with E-state index in [0.29, 0.717) is 0 Å². The van der Waals surface area contributed by atoms with Crippen molar-refractivity contribution < 1.29 is 0 Å². The van der Waals surface area contributed by atoms with E-state index in [1.54, 1.807) is 0 Å². The predicted octanol–water partition coefficient (Wildman–Crippen LogP) is 7.71. The Kier molecular flexibility index (Phi) is 18.4. The molecule has 0 atom stereocenters. The van der Waals surface area contributed by atoms with Gasteiger partial charge in [0.05, 0.1) is 0 Å². The Morgan fingerprint density at radius 2 is 0.808 bits per heavy atom. The van der Waals surface area contributed by atoms with E-state index in [1.807, 2.05) is 0 Å². The molecule has 26 heavy (non-hydrogen) atoms. The second-order valence-corrected chi connectivity index (χ2v) is 10.8. The molecule has 0 aliphatic heterocycles. The van der Waals surface area contributed by atoms with Gasteiger partial charge in [-0.25, -0.2) is 0 Å². The molecule has 0 heterocycles. The van der Waals surface area contributed by atoms with Gasteiger partial charge in [0.1, 0.15) is 0 Å². The first kappa shape index (κ1) is 25.2. The number of rotatable bonds is 12. The molecule has 0 bridgehead atoms. The van der Waals surface area contributed by atoms with Crippen molar-refractivity contribution in [2.75, 3.05) is 0 Å². The lowest BCUT2D eigenvalue weighted by Gasteiger charge is -2.01. The quantitative estimate of drug-likeness (QED) is 0.138. The number of hydrogen-bond acceptors (Lipinski definition) is 0. The second kappa shape index (κ2) is 19.0. The maximum atomic E-state index is 6.78. The maximum absolute atomic E-state index is 6.78. The smallest absolute Gasteiger partial charge is 0.119 e. The first-order valence-electron chi connectivity index (χ1n) is 10.9. The van der Waals surface area contributed by atoms with Crippen molar-refractivity contribution in [2.24, 2.45) is 0 Å². The molecule has 146 valence electrons. The fourth-order valence-corrected chi connectivity index (χ4v) is 4.46. The fourth-order valence-electron chi connectivity index (χ4n) is 2.57. The first-order chi connectivity index (χ1) is 12.7. The minimum atomic E-state index is -2.57. The summed E-state index contributed by atoms with van der Waals surface area (Å²) in [6, 6.07) is 0. The molecule has 0 aromatic carbocycles. The van der Waals surface area contributed by atoms with E-state index in [-0.39, 0.29) is 0 Å². The van der Waals surface area contributed by atoms with Crippen LogP contribution >= 0.6 is 11.1 Å². The number of hydrogen-bond donors (Lipinski definition) is 0. The second-order valence-electron chi connectivity index (χ2n) is 7.00. The molecule has 0 N–H and O–H groups in total. The van der Waals surface area contributed by atoms with Crippen LogP contribution in [0.4, 0.5) is 0 Å². The minimum Gasteiger partial charge on any atom is -0.119 e. The van der Waals surface area contributed by atoms with E-state index in [0.717, 1.165) is 38.5 Å². The highest BCUT2D eigenvalue weighted by Crippen LogP contribution is 2.09. The molecule has 0 fully saturated rings. The van der Waals surface area contributed by atoms with E-state index in [2.05, 4.69) is 55.2 Å². The summed E-state index contributed by atoms with van der Waals surface area (Å²) in [5.74, 6) is 9.85. The van der Waals surface area contributed by atoms with Crippen molar-refractivity contribution in [1.82, 2.24) is 0 Å². The van der Waals surface area contributed by atoms with Crippen molar-refractivity contribution in [3.05, 3.63) is 0 Å². The van der Waals surface area contributed by atoms with Crippen molar-refractivity contribution in [3.8, 4) is 34.4 Å². The molecule has 0 rings (SSSR count). The van der Waals surface area contributed by atoms with E-state index in [1.165, 1.54) is 57.8 Å². The van der Waals surface area contributed by atoms with Gasteiger partial charge in [-0.3, -0.25) is 0 Å². The zero-order valence-electron chi connectivity index (χ0n) is 17.5. The maximum Gasteiger partial charge on any atom is 0.386 e. The van der Waals surface area contributed by atoms with Crippen LogP contribution in [-0.4, -0.2) is 7.38 Å². The van der Waals surface area contributed by atoms with Gasteiger partial charge in [0.25, 0.3) is 0 Å². The standard InChI is InChI=1S/C24H39ClSi/c1-4-7-10-13-16-19-22-26(25,23-20-17-14-11-8-5-2)24-21-18-15-12-9-6-3/h4-18H2,1-3H3. The summed E-state index contributed by atoms with van der Waals surface area (Å²) >= 11 is 6.78. The van der Waals surface area contributed by atoms with Gasteiger partial charge in [-0.2, -0.15) is 0 Å². The molecule has 0 aliphatic carbocycles. The Balaban J connectivity index is 4.62. The van der Waals surface area contributed by atoms with Crippen molar-refractivity contribution in [1.29, 1.82) is 0 Å². The highest BCUT2D eigenvalue weighted by atomic mass is 35.6. The molecule has 0 unspecified atom stereocenters. The van der Waals surface area contributed by atoms with Crippen LogP contribution in [0.25, 0.3) is 0 Å². The summed E-state index contributed by atoms with van der Waals surface area (Å²) in [4.78, 5) is 0. The SMILES string of the molecule is CCCCCCC#C[Si](Cl)(C#CCCCCCC)C#CCCCCCC. The van der Waals surface area contributed by atoms with Crippen LogP contribution in [-0.2, 0) is 0 Å². The molecule has 0 nitrogen and oxygen atoms in total. The molecule has 2 heteroatoms. The van der Waals surface area contributed by atoms with Gasteiger partial charge in [0.15, 0.2) is 0 Å². The Morgan fingerprint density at radius 3 is 1.08 bits per heavy atom. The van der Waals surface area contributed by atoms with Gasteiger partial charge >= 0.3 is 7.38 Å². The fraction of sp³-hybridized carbons (Fsp3) is 0.750. The zero-order valence-corrected chi connectivity index (χ0v) is 19.2. The van der Waals surface area contributed by atoms with E-state index >= 15 is 0 Å². The lowest BCUT2D eigenvalue weighted by Crippen LogP contribution is -2.21. The Labute approximate surface area is 170 Å². The Hall–Kier alpha value is -0.813. The van der Waals surface area contributed by atoms with Crippen LogP contribution in [0.3, 0.4) is 0 Å². The highest BCUT2D eigenvalue weighted by Gasteiger charge is 2.23. The minimum absolute atomic E-state index is 0.928. The lowest BCUT2D eigenvalue weighted by atomic mass is 10.2. The summed E-state index contributed by atoms with van der Waals surface area (Å²) in [6.07, 6.45) is 17.7. The first-order valence-corrected chi connectivity index (χ1v) is 13.9. The summed E-state index contributed by atoms with van der Waals surface area (Å²) < 4.78 is 0. The molecule has 0 aromatic rings. The average molecular weight is 391 g/mol. The normalized spacial score (nSPS) is 10.2. The van der Waals surface area contributed by atoms with E-state index < -0.39 is 7.38 Å². The van der Waals surface area contributed by atoms with Crippen LogP contribution < -0.4 is 0 Å². The average Bonchev–Trinajstić information content (AvgIpc) is 2.64. The van der Waals surface area contributed by atoms with Crippen LogP contribution in [0.5, 0.6) is 0 Å². The van der Waals surface area contributed by atoms with Gasteiger partial charge in [0, 0.05) is 19.3 Å². The van der Waals surface area contributed by atoms with Crippen molar-refractivity contribution >= 4 is 18.5 Å². The van der Waals surface area contributed by atoms with Crippen LogP contribution in [0, 0.1) is 34.4 Å². The van der Waals surface area contributed by atoms with E-state index in [4.69, 9.17) is 11.1 Å². The molecule has 0 radical (unpaired) electrons.